The van der Waals surface area contributed by atoms with E-state index >= 15 is 0 Å². The van der Waals surface area contributed by atoms with Crippen molar-refractivity contribution >= 4 is 5.91 Å². The van der Waals surface area contributed by atoms with Crippen molar-refractivity contribution in [1.82, 2.24) is 4.90 Å². The Morgan fingerprint density at radius 3 is 2.40 bits per heavy atom. The molecule has 2 aliphatic rings. The number of likely N-dealkylation sites (tertiary alicyclic amines) is 1. The van der Waals surface area contributed by atoms with E-state index in [1.165, 1.54) is 12.8 Å². The summed E-state index contributed by atoms with van der Waals surface area (Å²) in [6.07, 6.45) is 4.95. The highest BCUT2D eigenvalue weighted by atomic mass is 16.3. The Kier molecular flexibility index (Phi) is 3.29. The van der Waals surface area contributed by atoms with Crippen molar-refractivity contribution in [3.05, 3.63) is 0 Å². The Hall–Kier alpha value is -0.570. The predicted molar refractivity (Wildman–Crippen MR) is 58.3 cm³/mol. The highest BCUT2D eigenvalue weighted by Gasteiger charge is 2.31. The normalized spacial score (nSPS) is 36.9. The first kappa shape index (κ1) is 10.9. The summed E-state index contributed by atoms with van der Waals surface area (Å²) >= 11 is 0. The number of nitrogens with zero attached hydrogens (tertiary/aromatic N) is 1. The van der Waals surface area contributed by atoms with Gasteiger partial charge in [0.15, 0.2) is 0 Å². The summed E-state index contributed by atoms with van der Waals surface area (Å²) in [5.41, 5.74) is 0. The predicted octanol–water partition coefficient (Wildman–Crippen LogP) is 1.41. The van der Waals surface area contributed by atoms with Crippen molar-refractivity contribution < 1.29 is 9.90 Å². The first-order chi connectivity index (χ1) is 7.16. The molecule has 2 fully saturated rings. The molecule has 1 N–H and O–H groups in total. The van der Waals surface area contributed by atoms with Gasteiger partial charge in [0.25, 0.3) is 0 Å². The van der Waals surface area contributed by atoms with Gasteiger partial charge in [-0.15, -0.1) is 0 Å². The standard InChI is InChI=1S/C12H21NO2/c1-9-2-4-10(5-3-9)12(15)13-7-6-11(14)8-13/h9-11,14H,2-8H2,1H3/t9?,10?,11-/m0/s1. The van der Waals surface area contributed by atoms with Gasteiger partial charge in [-0.1, -0.05) is 6.92 Å². The molecule has 3 nitrogen and oxygen atoms in total. The molecule has 1 atom stereocenters. The van der Waals surface area contributed by atoms with Crippen molar-refractivity contribution in [2.24, 2.45) is 11.8 Å². The van der Waals surface area contributed by atoms with Gasteiger partial charge in [-0.2, -0.15) is 0 Å². The molecule has 86 valence electrons. The van der Waals surface area contributed by atoms with Crippen LogP contribution in [0, 0.1) is 11.8 Å². The molecule has 0 aromatic carbocycles. The number of aliphatic hydroxyl groups is 1. The molecule has 0 spiro atoms. The maximum Gasteiger partial charge on any atom is 0.225 e. The Morgan fingerprint density at radius 1 is 1.20 bits per heavy atom. The van der Waals surface area contributed by atoms with Crippen LogP contribution in [0.2, 0.25) is 0 Å². The molecule has 3 heteroatoms. The molecule has 1 saturated heterocycles. The monoisotopic (exact) mass is 211 g/mol. The summed E-state index contributed by atoms with van der Waals surface area (Å²) in [7, 11) is 0. The fourth-order valence-corrected chi connectivity index (χ4v) is 2.71. The maximum absolute atomic E-state index is 12.1. The Bertz CT molecular complexity index is 234. The lowest BCUT2D eigenvalue weighted by molar-refractivity contribution is -0.136. The van der Waals surface area contributed by atoms with Crippen molar-refractivity contribution in [1.29, 1.82) is 0 Å². The number of aliphatic hydroxyl groups excluding tert-OH is 1. The second-order valence-electron chi connectivity index (χ2n) is 5.18. The first-order valence-corrected chi connectivity index (χ1v) is 6.13. The van der Waals surface area contributed by atoms with Crippen LogP contribution >= 0.6 is 0 Å². The zero-order chi connectivity index (χ0) is 10.8. The van der Waals surface area contributed by atoms with E-state index in [1.807, 2.05) is 4.90 Å². The molecule has 2 rings (SSSR count). The van der Waals surface area contributed by atoms with E-state index < -0.39 is 0 Å². The largest absolute Gasteiger partial charge is 0.391 e. The second kappa shape index (κ2) is 4.52. The van der Waals surface area contributed by atoms with Gasteiger partial charge in [0, 0.05) is 19.0 Å². The Morgan fingerprint density at radius 2 is 1.87 bits per heavy atom. The molecule has 15 heavy (non-hydrogen) atoms. The van der Waals surface area contributed by atoms with Crippen molar-refractivity contribution in [3.8, 4) is 0 Å². The number of carbonyl (C=O) groups excluding carboxylic acids is 1. The average molecular weight is 211 g/mol. The minimum atomic E-state index is -0.281. The number of carbonyl (C=O) groups is 1. The van der Waals surface area contributed by atoms with Gasteiger partial charge in [-0.05, 0) is 38.0 Å². The summed E-state index contributed by atoms with van der Waals surface area (Å²) in [5.74, 6) is 1.32. The van der Waals surface area contributed by atoms with Crippen LogP contribution in [0.4, 0.5) is 0 Å². The lowest BCUT2D eigenvalue weighted by Crippen LogP contribution is -2.36. The van der Waals surface area contributed by atoms with Gasteiger partial charge in [-0.25, -0.2) is 0 Å². The molecule has 1 amide bonds. The molecule has 0 aromatic rings. The van der Waals surface area contributed by atoms with Crippen LogP contribution in [-0.4, -0.2) is 35.1 Å². The van der Waals surface area contributed by atoms with Crippen LogP contribution in [0.25, 0.3) is 0 Å². The molecule has 1 aliphatic heterocycles. The van der Waals surface area contributed by atoms with Crippen LogP contribution in [-0.2, 0) is 4.79 Å². The third-order valence-electron chi connectivity index (χ3n) is 3.84. The topological polar surface area (TPSA) is 40.5 Å². The molecule has 0 bridgehead atoms. The number of rotatable bonds is 1. The minimum absolute atomic E-state index is 0.242. The minimum Gasteiger partial charge on any atom is -0.391 e. The Labute approximate surface area is 91.5 Å². The fraction of sp³-hybridized carbons (Fsp3) is 0.917. The number of hydrogen-bond donors (Lipinski definition) is 1. The number of amides is 1. The zero-order valence-corrected chi connectivity index (χ0v) is 9.48. The van der Waals surface area contributed by atoms with E-state index in [2.05, 4.69) is 6.92 Å². The van der Waals surface area contributed by atoms with E-state index in [-0.39, 0.29) is 12.0 Å². The van der Waals surface area contributed by atoms with Gasteiger partial charge in [0.2, 0.25) is 5.91 Å². The molecule has 0 unspecified atom stereocenters. The fourth-order valence-electron chi connectivity index (χ4n) is 2.71. The van der Waals surface area contributed by atoms with Gasteiger partial charge in [0.05, 0.1) is 6.10 Å². The molecular formula is C12H21NO2. The van der Waals surface area contributed by atoms with Crippen LogP contribution < -0.4 is 0 Å². The van der Waals surface area contributed by atoms with Crippen LogP contribution in [0.3, 0.4) is 0 Å². The third kappa shape index (κ3) is 2.51. The summed E-state index contributed by atoms with van der Waals surface area (Å²) in [4.78, 5) is 13.9. The lowest BCUT2D eigenvalue weighted by Gasteiger charge is -2.28. The van der Waals surface area contributed by atoms with Crippen molar-refractivity contribution in [3.63, 3.8) is 0 Å². The first-order valence-electron chi connectivity index (χ1n) is 6.13. The highest BCUT2D eigenvalue weighted by molar-refractivity contribution is 5.79. The van der Waals surface area contributed by atoms with Crippen LogP contribution in [0.15, 0.2) is 0 Å². The Balaban J connectivity index is 1.85. The lowest BCUT2D eigenvalue weighted by atomic mass is 9.82. The number of hydrogen-bond acceptors (Lipinski definition) is 2. The van der Waals surface area contributed by atoms with E-state index in [4.69, 9.17) is 0 Å². The van der Waals surface area contributed by atoms with Gasteiger partial charge >= 0.3 is 0 Å². The maximum atomic E-state index is 12.1. The van der Waals surface area contributed by atoms with Crippen molar-refractivity contribution in [2.75, 3.05) is 13.1 Å². The van der Waals surface area contributed by atoms with E-state index in [9.17, 15) is 9.90 Å². The van der Waals surface area contributed by atoms with Gasteiger partial charge < -0.3 is 10.0 Å². The molecular weight excluding hydrogens is 190 g/mol. The zero-order valence-electron chi connectivity index (χ0n) is 9.48. The smallest absolute Gasteiger partial charge is 0.225 e. The van der Waals surface area contributed by atoms with Crippen molar-refractivity contribution in [2.45, 2.75) is 45.1 Å². The summed E-state index contributed by atoms with van der Waals surface area (Å²) in [6.45, 7) is 3.58. The summed E-state index contributed by atoms with van der Waals surface area (Å²) in [6, 6.07) is 0. The van der Waals surface area contributed by atoms with E-state index in [0.717, 1.165) is 31.7 Å². The van der Waals surface area contributed by atoms with Crippen LogP contribution in [0.1, 0.15) is 39.0 Å². The molecule has 1 aliphatic carbocycles. The molecule has 1 heterocycles. The quantitative estimate of drug-likeness (QED) is 0.712. The van der Waals surface area contributed by atoms with E-state index in [1.54, 1.807) is 0 Å². The second-order valence-corrected chi connectivity index (χ2v) is 5.18. The van der Waals surface area contributed by atoms with E-state index in [0.29, 0.717) is 12.5 Å². The molecule has 1 saturated carbocycles. The highest BCUT2D eigenvalue weighted by Crippen LogP contribution is 2.30. The van der Waals surface area contributed by atoms with Gasteiger partial charge in [-0.3, -0.25) is 4.79 Å². The average Bonchev–Trinajstić information content (AvgIpc) is 2.65. The third-order valence-corrected chi connectivity index (χ3v) is 3.84. The number of β-amino-alcohol motifs (C(OH)–C–C–N with tert-alkyl or cyclic N) is 1. The summed E-state index contributed by atoms with van der Waals surface area (Å²) < 4.78 is 0. The summed E-state index contributed by atoms with van der Waals surface area (Å²) in [5, 5.41) is 9.40. The molecule has 0 radical (unpaired) electrons. The SMILES string of the molecule is CC1CCC(C(=O)N2CC[C@H](O)C2)CC1. The van der Waals surface area contributed by atoms with Gasteiger partial charge in [0.1, 0.15) is 0 Å². The molecule has 0 aromatic heterocycles. The van der Waals surface area contributed by atoms with Crippen LogP contribution in [0.5, 0.6) is 0 Å².